The molecule has 4 heteroatoms. The van der Waals surface area contributed by atoms with Crippen molar-refractivity contribution < 1.29 is 14.3 Å². The first-order valence-corrected chi connectivity index (χ1v) is 13.1. The van der Waals surface area contributed by atoms with Crippen molar-refractivity contribution in [3.63, 3.8) is 0 Å². The number of nitrogens with one attached hydrogen (secondary N) is 1. The zero-order valence-corrected chi connectivity index (χ0v) is 20.7. The lowest BCUT2D eigenvalue weighted by Crippen LogP contribution is -2.26. The second kappa shape index (κ2) is 19.8. The maximum atomic E-state index is 12.0. The van der Waals surface area contributed by atoms with Crippen molar-refractivity contribution in [1.82, 2.24) is 5.32 Å². The van der Waals surface area contributed by atoms with Gasteiger partial charge in [0.1, 0.15) is 0 Å². The molecule has 182 valence electrons. The summed E-state index contributed by atoms with van der Waals surface area (Å²) in [4.78, 5) is 23.9. The van der Waals surface area contributed by atoms with Crippen LogP contribution in [0, 0.1) is 0 Å². The highest BCUT2D eigenvalue weighted by Gasteiger charge is 2.10. The number of carbonyl (C=O) groups is 2. The Balaban J connectivity index is 1.87. The van der Waals surface area contributed by atoms with Gasteiger partial charge < -0.3 is 10.1 Å². The number of carbonyl (C=O) groups excluding carboxylic acids is 2. The molecule has 1 amide bonds. The second-order valence-electron chi connectivity index (χ2n) is 9.02. The van der Waals surface area contributed by atoms with E-state index in [1.807, 2.05) is 37.3 Å². The van der Waals surface area contributed by atoms with E-state index in [9.17, 15) is 9.59 Å². The number of rotatable bonds is 20. The van der Waals surface area contributed by atoms with E-state index in [0.29, 0.717) is 25.9 Å². The molecule has 0 aliphatic heterocycles. The summed E-state index contributed by atoms with van der Waals surface area (Å²) in [5, 5.41) is 2.98. The largest absolute Gasteiger partial charge is 0.466 e. The summed E-state index contributed by atoms with van der Waals surface area (Å²) in [6, 6.07) is 9.86. The summed E-state index contributed by atoms with van der Waals surface area (Å²) < 4.78 is 5.30. The topological polar surface area (TPSA) is 55.4 Å². The normalized spacial score (nSPS) is 11.8. The molecule has 0 radical (unpaired) electrons. The van der Waals surface area contributed by atoms with E-state index in [1.54, 1.807) is 0 Å². The Kier molecular flexibility index (Phi) is 17.5. The predicted molar refractivity (Wildman–Crippen MR) is 134 cm³/mol. The summed E-state index contributed by atoms with van der Waals surface area (Å²) in [7, 11) is 0. The number of ether oxygens (including phenoxy) is 1. The molecule has 0 saturated carbocycles. The lowest BCUT2D eigenvalue weighted by atomic mass is 10.0. The lowest BCUT2D eigenvalue weighted by molar-refractivity contribution is -0.143. The second-order valence-corrected chi connectivity index (χ2v) is 9.02. The van der Waals surface area contributed by atoms with Crippen LogP contribution in [-0.4, -0.2) is 18.5 Å². The van der Waals surface area contributed by atoms with Crippen LogP contribution >= 0.6 is 0 Å². The fourth-order valence-corrected chi connectivity index (χ4v) is 3.91. The Hall–Kier alpha value is -1.84. The van der Waals surface area contributed by atoms with Gasteiger partial charge in [-0.25, -0.2) is 0 Å². The van der Waals surface area contributed by atoms with Gasteiger partial charge in [0.2, 0.25) is 5.91 Å². The van der Waals surface area contributed by atoms with Gasteiger partial charge in [0.25, 0.3) is 0 Å². The van der Waals surface area contributed by atoms with Crippen LogP contribution in [0.2, 0.25) is 0 Å². The Labute approximate surface area is 196 Å². The lowest BCUT2D eigenvalue weighted by Gasteiger charge is -2.14. The highest BCUT2D eigenvalue weighted by molar-refractivity contribution is 5.77. The molecule has 1 aromatic carbocycles. The first-order chi connectivity index (χ1) is 15.6. The summed E-state index contributed by atoms with van der Waals surface area (Å²) in [6.45, 7) is 4.74. The van der Waals surface area contributed by atoms with Crippen LogP contribution in [-0.2, 0) is 14.3 Å². The molecule has 0 bridgehead atoms. The zero-order chi connectivity index (χ0) is 23.3. The molecule has 0 heterocycles. The molecule has 0 aliphatic carbocycles. The Bertz CT molecular complexity index is 588. The summed E-state index contributed by atoms with van der Waals surface area (Å²) in [5.74, 6) is -0.210. The van der Waals surface area contributed by atoms with Gasteiger partial charge in [-0.3, -0.25) is 9.59 Å². The average molecular weight is 446 g/mol. The minimum Gasteiger partial charge on any atom is -0.466 e. The minimum atomic E-state index is -0.187. The van der Waals surface area contributed by atoms with Crippen molar-refractivity contribution in [2.75, 3.05) is 6.61 Å². The van der Waals surface area contributed by atoms with Gasteiger partial charge in [0, 0.05) is 12.8 Å². The van der Waals surface area contributed by atoms with Crippen LogP contribution in [0.15, 0.2) is 30.3 Å². The van der Waals surface area contributed by atoms with Crippen LogP contribution in [0.3, 0.4) is 0 Å². The van der Waals surface area contributed by atoms with Crippen molar-refractivity contribution in [2.45, 2.75) is 123 Å². The van der Waals surface area contributed by atoms with E-state index in [0.717, 1.165) is 18.4 Å². The third-order valence-electron chi connectivity index (χ3n) is 5.97. The van der Waals surface area contributed by atoms with Gasteiger partial charge in [-0.1, -0.05) is 114 Å². The van der Waals surface area contributed by atoms with E-state index >= 15 is 0 Å². The van der Waals surface area contributed by atoms with E-state index in [-0.39, 0.29) is 17.9 Å². The molecular weight excluding hydrogens is 398 g/mol. The highest BCUT2D eigenvalue weighted by atomic mass is 16.5. The Morgan fingerprint density at radius 1 is 0.750 bits per heavy atom. The molecule has 4 nitrogen and oxygen atoms in total. The molecule has 1 N–H and O–H groups in total. The number of esters is 1. The summed E-state index contributed by atoms with van der Waals surface area (Å²) in [6.07, 6.45) is 18.2. The average Bonchev–Trinajstić information content (AvgIpc) is 2.79. The molecule has 0 spiro atoms. The minimum absolute atomic E-state index is 0.0220. The van der Waals surface area contributed by atoms with Gasteiger partial charge in [0.05, 0.1) is 12.6 Å². The third-order valence-corrected chi connectivity index (χ3v) is 5.97. The van der Waals surface area contributed by atoms with Crippen LogP contribution in [0.25, 0.3) is 0 Å². The van der Waals surface area contributed by atoms with E-state index in [2.05, 4.69) is 12.2 Å². The number of amides is 1. The fourth-order valence-electron chi connectivity index (χ4n) is 3.91. The van der Waals surface area contributed by atoms with Crippen molar-refractivity contribution in [1.29, 1.82) is 0 Å². The predicted octanol–water partition coefficient (Wildman–Crippen LogP) is 7.67. The summed E-state index contributed by atoms with van der Waals surface area (Å²) in [5.41, 5.74) is 1.08. The monoisotopic (exact) mass is 445 g/mol. The Morgan fingerprint density at radius 3 is 1.84 bits per heavy atom. The van der Waals surface area contributed by atoms with E-state index < -0.39 is 0 Å². The Morgan fingerprint density at radius 2 is 1.28 bits per heavy atom. The van der Waals surface area contributed by atoms with Crippen LogP contribution in [0.4, 0.5) is 0 Å². The first kappa shape index (κ1) is 28.2. The maximum Gasteiger partial charge on any atom is 0.305 e. The first-order valence-electron chi connectivity index (χ1n) is 13.1. The van der Waals surface area contributed by atoms with Gasteiger partial charge in [-0.05, 0) is 25.3 Å². The summed E-state index contributed by atoms with van der Waals surface area (Å²) >= 11 is 0. The molecule has 0 aliphatic rings. The van der Waals surface area contributed by atoms with Crippen LogP contribution in [0.1, 0.15) is 128 Å². The molecule has 32 heavy (non-hydrogen) atoms. The SMILES string of the molecule is CCCCCCCCCCCCCCCOC(=O)CCCC(=O)NC(C)c1ccccc1. The van der Waals surface area contributed by atoms with Crippen molar-refractivity contribution in [3.8, 4) is 0 Å². The smallest absolute Gasteiger partial charge is 0.305 e. The standard InChI is InChI=1S/C28H47NO3/c1-3-4-5-6-7-8-9-10-11-12-13-14-18-24-32-28(31)23-19-22-27(30)29-25(2)26-20-16-15-17-21-26/h15-17,20-21,25H,3-14,18-19,22-24H2,1-2H3,(H,29,30). The molecule has 0 aromatic heterocycles. The van der Waals surface area contributed by atoms with Crippen molar-refractivity contribution >= 4 is 11.9 Å². The molecular formula is C28H47NO3. The van der Waals surface area contributed by atoms with Crippen LogP contribution in [0.5, 0.6) is 0 Å². The number of hydrogen-bond acceptors (Lipinski definition) is 3. The molecule has 1 aromatic rings. The molecule has 1 rings (SSSR count). The zero-order valence-electron chi connectivity index (χ0n) is 20.7. The molecule has 0 saturated heterocycles. The highest BCUT2D eigenvalue weighted by Crippen LogP contribution is 2.13. The van der Waals surface area contributed by atoms with Crippen LogP contribution < -0.4 is 5.32 Å². The molecule has 1 atom stereocenters. The number of hydrogen-bond donors (Lipinski definition) is 1. The van der Waals surface area contributed by atoms with Crippen molar-refractivity contribution in [2.24, 2.45) is 0 Å². The van der Waals surface area contributed by atoms with Gasteiger partial charge in [0.15, 0.2) is 0 Å². The van der Waals surface area contributed by atoms with Gasteiger partial charge >= 0.3 is 5.97 Å². The fraction of sp³-hybridized carbons (Fsp3) is 0.714. The van der Waals surface area contributed by atoms with Gasteiger partial charge in [-0.15, -0.1) is 0 Å². The number of unbranched alkanes of at least 4 members (excludes halogenated alkanes) is 12. The van der Waals surface area contributed by atoms with Crippen molar-refractivity contribution in [3.05, 3.63) is 35.9 Å². The maximum absolute atomic E-state index is 12.0. The molecule has 0 fully saturated rings. The third kappa shape index (κ3) is 15.9. The van der Waals surface area contributed by atoms with E-state index in [1.165, 1.54) is 70.6 Å². The van der Waals surface area contributed by atoms with Gasteiger partial charge in [-0.2, -0.15) is 0 Å². The molecule has 1 unspecified atom stereocenters. The number of benzene rings is 1. The van der Waals surface area contributed by atoms with E-state index in [4.69, 9.17) is 4.74 Å². The quantitative estimate of drug-likeness (QED) is 0.165.